The molecule has 15 aromatic rings. The second kappa shape index (κ2) is 44.8. The number of anilines is 6. The largest absolute Gasteiger partial charge is 0.459 e. The first kappa shape index (κ1) is 106. The number of nitrogens with one attached hydrogen (secondary N) is 6. The lowest BCUT2D eigenvalue weighted by atomic mass is 9.53. The summed E-state index contributed by atoms with van der Waals surface area (Å²) in [4.78, 5) is 65.1. The second-order valence-electron chi connectivity index (χ2n) is 45.3. The van der Waals surface area contributed by atoms with Gasteiger partial charge in [0, 0.05) is 127 Å². The second-order valence-corrected chi connectivity index (χ2v) is 45.3. The van der Waals surface area contributed by atoms with Crippen LogP contribution in [0.3, 0.4) is 0 Å². The molecule has 5 aliphatic carbocycles. The van der Waals surface area contributed by atoms with Crippen molar-refractivity contribution in [2.24, 2.45) is 28.9 Å². The lowest BCUT2D eigenvalue weighted by molar-refractivity contribution is -0.152. The molecule has 28 heteroatoms. The Labute approximate surface area is 872 Å². The minimum atomic E-state index is -0.540. The number of ketones is 1. The minimum Gasteiger partial charge on any atom is -0.459 e. The number of morpholine rings is 1. The van der Waals surface area contributed by atoms with Crippen LogP contribution in [0.2, 0.25) is 0 Å². The molecule has 0 radical (unpaired) electrons. The molecule has 12 aromatic heterocycles. The number of carbonyl (C=O) groups is 3. The van der Waals surface area contributed by atoms with Gasteiger partial charge in [-0.1, -0.05) is 156 Å². The molecular weight excluding hydrogens is 1850 g/mol. The number of Topliss-reactive ketones (excluding diaryl/α,β-unsaturated/α-hetero) is 1. The number of hydrogen-bond acceptors (Lipinski definition) is 21. The number of benzene rings is 3. The first-order chi connectivity index (χ1) is 70.7. The Hall–Kier alpha value is -13.6. The summed E-state index contributed by atoms with van der Waals surface area (Å²) >= 11 is 0. The fourth-order valence-electron chi connectivity index (χ4n) is 23.7. The number of rotatable bonds is 27. The number of amides is 2. The average molecular weight is 2000 g/mol. The van der Waals surface area contributed by atoms with Gasteiger partial charge in [0.25, 0.3) is 0 Å². The number of imidazole rings is 5. The van der Waals surface area contributed by atoms with Crippen LogP contribution in [0.4, 0.5) is 39.6 Å². The fraction of sp³-hybridized carbons (Fsp3) is 0.467. The van der Waals surface area contributed by atoms with Gasteiger partial charge in [0.15, 0.2) is 5.78 Å². The first-order valence-corrected chi connectivity index (χ1v) is 53.7. The molecule has 1 saturated heterocycles. The lowest BCUT2D eigenvalue weighted by Gasteiger charge is -2.57. The Morgan fingerprint density at radius 2 is 1.03 bits per heavy atom. The highest BCUT2D eigenvalue weighted by Crippen LogP contribution is 2.57. The third-order valence-corrected chi connectivity index (χ3v) is 29.4. The van der Waals surface area contributed by atoms with E-state index in [1.807, 2.05) is 134 Å². The molecule has 0 unspecified atom stereocenters. The van der Waals surface area contributed by atoms with Gasteiger partial charge in [0.1, 0.15) is 92.4 Å². The Bertz CT molecular complexity index is 7230. The van der Waals surface area contributed by atoms with Gasteiger partial charge in [-0.3, -0.25) is 36.5 Å². The topological polar surface area (TPSA) is 313 Å². The molecule has 3 aromatic carbocycles. The molecule has 2 aliphatic heterocycles. The highest BCUT2D eigenvalue weighted by atomic mass is 16.6. The summed E-state index contributed by atoms with van der Waals surface area (Å²) in [7, 11) is 1.82. The van der Waals surface area contributed by atoms with Gasteiger partial charge in [-0.05, 0) is 316 Å². The Morgan fingerprint density at radius 3 is 1.57 bits per heavy atom. The van der Waals surface area contributed by atoms with E-state index >= 15 is 0 Å². The number of allylic oxidation sites excluding steroid dienone is 2. The molecule has 148 heavy (non-hydrogen) atoms. The zero-order chi connectivity index (χ0) is 105. The van der Waals surface area contributed by atoms with Gasteiger partial charge >= 0.3 is 12.0 Å². The SMILES string of the molecule is CCCc1nc2cc(-c3c(C)noc3C)ccn2c1NC12CC3CC(CC(C3)C1)C2.CCCc1nc2cc(-c3ccc4c(c3)CN(C)C(=O)N4)ccn2c1NC1CCCCC1.CCCc1nc2cc(C(C(C)=O)=C(C)N)ccn2c1NCCN1CCOCC1.Cc1ccc(-c2nc3cc(-c4c(C)noc4C)ccn3c2NCC(=O)OC(C)(C)C)cc1.Cc1ccc(-c2nc3cc(C)cc(C)n3c2NC(C)(C)CC(C)(C)C)cc1. The predicted molar refractivity (Wildman–Crippen MR) is 598 cm³/mol. The number of nitrogens with zero attached hydrogens (tertiary/aromatic N) is 14. The number of pyridine rings is 5. The van der Waals surface area contributed by atoms with Crippen LogP contribution in [0.1, 0.15) is 260 Å². The molecule has 22 rings (SSSR count). The van der Waals surface area contributed by atoms with Gasteiger partial charge in [0.2, 0.25) is 0 Å². The quantitative estimate of drug-likeness (QED) is 0.0186. The van der Waals surface area contributed by atoms with E-state index in [1.54, 1.807) is 18.7 Å². The van der Waals surface area contributed by atoms with Crippen molar-refractivity contribution in [3.05, 3.63) is 231 Å². The summed E-state index contributed by atoms with van der Waals surface area (Å²) in [5.74, 6) is 9.34. The number of ether oxygens (including phenoxy) is 2. The van der Waals surface area contributed by atoms with E-state index in [0.29, 0.717) is 23.9 Å². The van der Waals surface area contributed by atoms with E-state index in [2.05, 4.69) is 226 Å². The Kier molecular flexibility index (Phi) is 32.0. The molecule has 2 amide bonds. The fourth-order valence-corrected chi connectivity index (χ4v) is 23.7. The van der Waals surface area contributed by atoms with Crippen LogP contribution in [0.5, 0.6) is 0 Å². The molecule has 6 fully saturated rings. The van der Waals surface area contributed by atoms with Crippen molar-refractivity contribution in [1.29, 1.82) is 0 Å². The summed E-state index contributed by atoms with van der Waals surface area (Å²) in [5.41, 5.74) is 34.8. The Balaban J connectivity index is 0.000000126. The number of nitrogens with two attached hydrogens (primary N) is 1. The molecule has 0 atom stereocenters. The summed E-state index contributed by atoms with van der Waals surface area (Å²) in [6.45, 7) is 49.2. The van der Waals surface area contributed by atoms with Crippen LogP contribution in [0.15, 0.2) is 167 Å². The van der Waals surface area contributed by atoms with Crippen molar-refractivity contribution in [1.82, 2.24) is 67.0 Å². The number of aromatic nitrogens is 12. The first-order valence-electron chi connectivity index (χ1n) is 53.7. The van der Waals surface area contributed by atoms with E-state index in [4.69, 9.17) is 49.2 Å². The van der Waals surface area contributed by atoms with E-state index in [1.165, 1.54) is 116 Å². The molecule has 0 spiro atoms. The van der Waals surface area contributed by atoms with Gasteiger partial charge < -0.3 is 61.1 Å². The molecule has 28 nitrogen and oxygen atoms in total. The van der Waals surface area contributed by atoms with Crippen LogP contribution < -0.4 is 37.6 Å². The van der Waals surface area contributed by atoms with E-state index in [-0.39, 0.29) is 40.8 Å². The maximum absolute atomic E-state index is 12.3. The number of carbonyl (C=O) groups excluding carboxylic acids is 3. The van der Waals surface area contributed by atoms with Crippen LogP contribution in [-0.4, -0.2) is 161 Å². The Morgan fingerprint density at radius 1 is 0.534 bits per heavy atom. The number of esters is 1. The van der Waals surface area contributed by atoms with Crippen molar-refractivity contribution in [3.63, 3.8) is 0 Å². The van der Waals surface area contributed by atoms with Crippen molar-refractivity contribution in [3.8, 4) is 55.9 Å². The molecular formula is C120H155N21O7. The summed E-state index contributed by atoms with van der Waals surface area (Å²) in [5, 5.41) is 29.7. The van der Waals surface area contributed by atoms with Gasteiger partial charge in [0.05, 0.1) is 41.7 Å². The van der Waals surface area contributed by atoms with Crippen LogP contribution in [0, 0.1) is 78.6 Å². The molecule has 782 valence electrons. The van der Waals surface area contributed by atoms with Crippen molar-refractivity contribution < 1.29 is 32.9 Å². The van der Waals surface area contributed by atoms with Gasteiger partial charge in [-0.15, -0.1) is 0 Å². The predicted octanol–water partition coefficient (Wildman–Crippen LogP) is 25.8. The third-order valence-electron chi connectivity index (χ3n) is 29.4. The molecule has 4 bridgehead atoms. The molecule has 5 saturated carbocycles. The number of aryl methyl sites for hydroxylation is 11. The third kappa shape index (κ3) is 24.5. The average Bonchev–Trinajstić information content (AvgIpc) is 1.10. The standard InChI is InChI=1S/C25H31N5O.C25H28N4O3.C25H32N4O.C24H33N3.C21H31N5O2/c1-3-7-22-24(26-20-8-5-4-6-9-20)30-13-12-18(15-23(30)27-22)17-10-11-21-19(14-17)16-29(2)25(31)28-21;1-15-7-9-18(10-8-15)23-24(26-14-21(30)31-25(4,5)6)29-12-11-19(13-20(29)27-23)22-16(2)28-32-17(22)3;1-4-5-21-24(27-25-12-17-8-18(13-25)10-19(9-17)14-25)29-7-6-20(11-22(29)26-21)23-15(2)28-30-16(23)3;1-16-9-11-19(12-10-16)21-22(26-24(7,8)15-23(4,5)6)27-18(3)13-17(2)14-20(27)25-21;1-4-5-18-21(23-7-9-25-10-12-28-13-11-25)26-8-6-17(14-19(26)24-18)20(15(2)22)16(3)27/h10-15,20,26H,3-9,16H2,1-2H3,(H,28,31);7-13,26H,14H2,1-6H3;6-7,11,17-19,27H,4-5,8-10,12-14H2,1-3H3;9-14,26H,15H2,1-8H3;6,8,14,23H,4-5,7,9-13,22H2,1-3H3. The van der Waals surface area contributed by atoms with Crippen molar-refractivity contribution in [2.75, 3.05) is 84.9 Å². The van der Waals surface area contributed by atoms with Crippen molar-refractivity contribution in [2.45, 2.75) is 290 Å². The maximum atomic E-state index is 12.3. The summed E-state index contributed by atoms with van der Waals surface area (Å²) in [6.07, 6.45) is 30.3. The van der Waals surface area contributed by atoms with Gasteiger partial charge in [-0.2, -0.15) is 0 Å². The smallest absolute Gasteiger partial charge is 0.325 e. The number of urea groups is 1. The maximum Gasteiger partial charge on any atom is 0.325 e. The zero-order valence-electron chi connectivity index (χ0n) is 91.3. The van der Waals surface area contributed by atoms with E-state index in [0.717, 1.165) is 249 Å². The summed E-state index contributed by atoms with van der Waals surface area (Å²) in [6, 6.07) is 44.5. The number of hydrogen-bond donors (Lipinski definition) is 7. The summed E-state index contributed by atoms with van der Waals surface area (Å²) < 4.78 is 32.4. The minimum absolute atomic E-state index is 0.0338. The van der Waals surface area contributed by atoms with Crippen LogP contribution >= 0.6 is 0 Å². The van der Waals surface area contributed by atoms with Gasteiger partial charge in [-0.25, -0.2) is 29.7 Å². The molecule has 14 heterocycles. The van der Waals surface area contributed by atoms with E-state index < -0.39 is 5.60 Å². The normalized spacial score (nSPS) is 17.5. The monoisotopic (exact) mass is 2000 g/mol. The zero-order valence-corrected chi connectivity index (χ0v) is 91.3. The highest BCUT2D eigenvalue weighted by Gasteiger charge is 2.52. The lowest BCUT2D eigenvalue weighted by Crippen LogP contribution is -2.55. The van der Waals surface area contributed by atoms with Crippen LogP contribution in [-0.2, 0) is 44.9 Å². The molecule has 8 N–H and O–H groups in total. The number of fused-ring (bicyclic) bond motifs is 6. The van der Waals surface area contributed by atoms with Crippen molar-refractivity contribution >= 4 is 86.4 Å². The highest BCUT2D eigenvalue weighted by molar-refractivity contribution is 6.20. The molecule has 7 aliphatic rings. The van der Waals surface area contributed by atoms with Crippen LogP contribution in [0.25, 0.3) is 89.7 Å². The van der Waals surface area contributed by atoms with E-state index in [9.17, 15) is 14.4 Å².